The average molecular weight is 316 g/mol. The van der Waals surface area contributed by atoms with Crippen molar-refractivity contribution in [2.24, 2.45) is 5.73 Å². The molecule has 1 aliphatic heterocycles. The molecule has 0 saturated carbocycles. The summed E-state index contributed by atoms with van der Waals surface area (Å²) in [7, 11) is 0. The third kappa shape index (κ3) is 3.95. The average Bonchev–Trinajstić information content (AvgIpc) is 2.50. The molecule has 0 saturated heterocycles. The third-order valence-corrected chi connectivity index (χ3v) is 4.42. The Morgan fingerprint density at radius 2 is 1.78 bits per heavy atom. The third-order valence-electron chi connectivity index (χ3n) is 4.42. The normalized spacial score (nSPS) is 19.4. The Labute approximate surface area is 135 Å². The molecule has 0 fully saturated rings. The fourth-order valence-corrected chi connectivity index (χ4v) is 3.35. The fraction of sp³-hybridized carbons (Fsp3) is 0.368. The van der Waals surface area contributed by atoms with E-state index in [9.17, 15) is 8.78 Å². The summed E-state index contributed by atoms with van der Waals surface area (Å²) < 4.78 is 26.6. The molecule has 0 amide bonds. The highest BCUT2D eigenvalue weighted by atomic mass is 19.1. The van der Waals surface area contributed by atoms with Crippen LogP contribution in [0.2, 0.25) is 0 Å². The second-order valence-electron chi connectivity index (χ2n) is 6.51. The van der Waals surface area contributed by atoms with E-state index in [1.165, 1.54) is 23.8 Å². The van der Waals surface area contributed by atoms with E-state index in [2.05, 4.69) is 4.90 Å². The Hall–Kier alpha value is -1.78. The molecule has 0 spiro atoms. The first kappa shape index (κ1) is 16.1. The van der Waals surface area contributed by atoms with E-state index in [-0.39, 0.29) is 23.7 Å². The zero-order valence-corrected chi connectivity index (χ0v) is 13.3. The molecule has 1 heterocycles. The summed E-state index contributed by atoms with van der Waals surface area (Å²) in [6.07, 6.45) is 1.60. The number of rotatable bonds is 4. The van der Waals surface area contributed by atoms with Crippen molar-refractivity contribution in [3.8, 4) is 0 Å². The van der Waals surface area contributed by atoms with Crippen LogP contribution >= 0.6 is 0 Å². The Balaban J connectivity index is 1.83. The lowest BCUT2D eigenvalue weighted by atomic mass is 9.90. The summed E-state index contributed by atoms with van der Waals surface area (Å²) in [6, 6.07) is 12.0. The summed E-state index contributed by atoms with van der Waals surface area (Å²) in [4.78, 5) is 2.36. The van der Waals surface area contributed by atoms with Crippen molar-refractivity contribution in [1.29, 1.82) is 0 Å². The first-order chi connectivity index (χ1) is 11.0. The number of nitrogens with two attached hydrogens (primary N) is 1. The van der Waals surface area contributed by atoms with Crippen molar-refractivity contribution >= 4 is 0 Å². The highest BCUT2D eigenvalue weighted by Gasteiger charge is 2.27. The number of halogens is 2. The van der Waals surface area contributed by atoms with Crippen LogP contribution < -0.4 is 5.73 Å². The van der Waals surface area contributed by atoms with Crippen molar-refractivity contribution < 1.29 is 8.78 Å². The van der Waals surface area contributed by atoms with Gasteiger partial charge in [-0.3, -0.25) is 4.90 Å². The molecule has 0 aliphatic carbocycles. The summed E-state index contributed by atoms with van der Waals surface area (Å²) in [5, 5.41) is 0. The van der Waals surface area contributed by atoms with Crippen molar-refractivity contribution in [1.82, 2.24) is 4.90 Å². The van der Waals surface area contributed by atoms with Crippen LogP contribution in [0.5, 0.6) is 0 Å². The topological polar surface area (TPSA) is 29.3 Å². The Morgan fingerprint density at radius 1 is 1.09 bits per heavy atom. The highest BCUT2D eigenvalue weighted by Crippen LogP contribution is 2.26. The van der Waals surface area contributed by atoms with Crippen LogP contribution in [0, 0.1) is 11.6 Å². The van der Waals surface area contributed by atoms with Crippen LogP contribution in [0.3, 0.4) is 0 Å². The molecular formula is C19H22F2N2. The maximum absolute atomic E-state index is 13.5. The minimum atomic E-state index is -0.225. The fourth-order valence-electron chi connectivity index (χ4n) is 3.35. The first-order valence-corrected chi connectivity index (χ1v) is 8.02. The van der Waals surface area contributed by atoms with Gasteiger partial charge in [-0.2, -0.15) is 0 Å². The van der Waals surface area contributed by atoms with Gasteiger partial charge in [0.05, 0.1) is 0 Å². The molecule has 0 bridgehead atoms. The van der Waals surface area contributed by atoms with Gasteiger partial charge in [0.25, 0.3) is 0 Å². The van der Waals surface area contributed by atoms with E-state index >= 15 is 0 Å². The maximum atomic E-state index is 13.5. The van der Waals surface area contributed by atoms with Crippen LogP contribution in [0.1, 0.15) is 23.6 Å². The molecular weight excluding hydrogens is 294 g/mol. The monoisotopic (exact) mass is 316 g/mol. The molecule has 2 nitrogen and oxygen atoms in total. The lowest BCUT2D eigenvalue weighted by molar-refractivity contribution is 0.162. The van der Waals surface area contributed by atoms with E-state index < -0.39 is 0 Å². The van der Waals surface area contributed by atoms with Crippen LogP contribution in [0.25, 0.3) is 0 Å². The van der Waals surface area contributed by atoms with Crippen molar-refractivity contribution in [2.45, 2.75) is 38.4 Å². The van der Waals surface area contributed by atoms with Gasteiger partial charge in [0.15, 0.2) is 0 Å². The van der Waals surface area contributed by atoms with Gasteiger partial charge in [-0.25, -0.2) is 8.78 Å². The maximum Gasteiger partial charge on any atom is 0.123 e. The second-order valence-corrected chi connectivity index (χ2v) is 6.51. The Bertz CT molecular complexity index is 668. The lowest BCUT2D eigenvalue weighted by Crippen LogP contribution is -2.46. The predicted molar refractivity (Wildman–Crippen MR) is 88.1 cm³/mol. The number of nitrogens with zero attached hydrogens (tertiary/aromatic N) is 1. The Kier molecular flexibility index (Phi) is 4.74. The van der Waals surface area contributed by atoms with Gasteiger partial charge >= 0.3 is 0 Å². The van der Waals surface area contributed by atoms with E-state index in [0.29, 0.717) is 0 Å². The molecule has 23 heavy (non-hydrogen) atoms. The van der Waals surface area contributed by atoms with E-state index in [4.69, 9.17) is 5.73 Å². The quantitative estimate of drug-likeness (QED) is 0.938. The van der Waals surface area contributed by atoms with Crippen LogP contribution in [-0.2, 0) is 19.4 Å². The van der Waals surface area contributed by atoms with Gasteiger partial charge in [-0.1, -0.05) is 18.2 Å². The number of hydrogen-bond acceptors (Lipinski definition) is 2. The van der Waals surface area contributed by atoms with Gasteiger partial charge < -0.3 is 5.73 Å². The molecule has 1 aliphatic rings. The van der Waals surface area contributed by atoms with Gasteiger partial charge in [0.2, 0.25) is 0 Å². The summed E-state index contributed by atoms with van der Waals surface area (Å²) in [5.41, 5.74) is 9.32. The van der Waals surface area contributed by atoms with E-state index in [1.54, 1.807) is 6.07 Å². The molecule has 2 aromatic rings. The van der Waals surface area contributed by atoms with Crippen molar-refractivity contribution in [3.63, 3.8) is 0 Å². The predicted octanol–water partition coefficient (Wildman–Crippen LogP) is 3.28. The van der Waals surface area contributed by atoms with Gasteiger partial charge in [0.1, 0.15) is 11.6 Å². The number of fused-ring (bicyclic) bond motifs is 1. The molecule has 1 unspecified atom stereocenters. The molecule has 122 valence electrons. The summed E-state index contributed by atoms with van der Waals surface area (Å²) in [5.74, 6) is -0.415. The smallest absolute Gasteiger partial charge is 0.123 e. The Morgan fingerprint density at radius 3 is 2.48 bits per heavy atom. The lowest BCUT2D eigenvalue weighted by Gasteiger charge is -2.38. The van der Waals surface area contributed by atoms with Crippen molar-refractivity contribution in [3.05, 3.63) is 70.8 Å². The standard InChI is InChI=1S/C19H22F2N2/c1-13(22)11-23-12-15-4-7-18(21)9-16(15)10-19(23)8-14-2-5-17(20)6-3-14/h2-7,9,13,19H,8,10-12,22H2,1H3/t13?,19-/m0/s1. The van der Waals surface area contributed by atoms with Gasteiger partial charge in [-0.05, 0) is 60.7 Å². The number of hydrogen-bond donors (Lipinski definition) is 1. The second kappa shape index (κ2) is 6.77. The zero-order chi connectivity index (χ0) is 16.4. The molecule has 4 heteroatoms. The van der Waals surface area contributed by atoms with Crippen LogP contribution in [0.15, 0.2) is 42.5 Å². The molecule has 2 atom stereocenters. The summed E-state index contributed by atoms with van der Waals surface area (Å²) >= 11 is 0. The van der Waals surface area contributed by atoms with E-state index in [1.807, 2.05) is 25.1 Å². The molecule has 3 rings (SSSR count). The molecule has 0 radical (unpaired) electrons. The van der Waals surface area contributed by atoms with Crippen LogP contribution in [0.4, 0.5) is 8.78 Å². The SMILES string of the molecule is CC(N)CN1Cc2ccc(F)cc2C[C@@H]1Cc1ccc(F)cc1. The largest absolute Gasteiger partial charge is 0.327 e. The van der Waals surface area contributed by atoms with Gasteiger partial charge in [-0.15, -0.1) is 0 Å². The van der Waals surface area contributed by atoms with Gasteiger partial charge in [0, 0.05) is 25.2 Å². The first-order valence-electron chi connectivity index (χ1n) is 8.02. The highest BCUT2D eigenvalue weighted by molar-refractivity contribution is 5.32. The molecule has 0 aromatic heterocycles. The van der Waals surface area contributed by atoms with Crippen molar-refractivity contribution in [2.75, 3.05) is 6.54 Å². The van der Waals surface area contributed by atoms with Crippen LogP contribution in [-0.4, -0.2) is 23.5 Å². The number of benzene rings is 2. The zero-order valence-electron chi connectivity index (χ0n) is 13.3. The minimum absolute atomic E-state index is 0.0766. The molecule has 2 aromatic carbocycles. The van der Waals surface area contributed by atoms with E-state index in [0.717, 1.165) is 37.1 Å². The molecule has 2 N–H and O–H groups in total. The minimum Gasteiger partial charge on any atom is -0.327 e. The summed E-state index contributed by atoms with van der Waals surface area (Å²) in [6.45, 7) is 3.57.